The van der Waals surface area contributed by atoms with Crippen LogP contribution in [-0.4, -0.2) is 35.5 Å². The Balaban J connectivity index is 3.42. The van der Waals surface area contributed by atoms with Crippen molar-refractivity contribution >= 4 is 5.97 Å². The summed E-state index contributed by atoms with van der Waals surface area (Å²) in [6.07, 6.45) is 10.4. The maximum atomic E-state index is 10.9. The van der Waals surface area contributed by atoms with Crippen LogP contribution in [0.1, 0.15) is 84.0 Å². The van der Waals surface area contributed by atoms with Crippen LogP contribution in [0.2, 0.25) is 0 Å². The second-order valence-corrected chi connectivity index (χ2v) is 5.87. The fourth-order valence-electron chi connectivity index (χ4n) is 2.43. The Morgan fingerprint density at radius 3 is 1.86 bits per heavy atom. The Morgan fingerprint density at radius 1 is 0.857 bits per heavy atom. The van der Waals surface area contributed by atoms with Gasteiger partial charge in [-0.25, -0.2) is 0 Å². The fourth-order valence-corrected chi connectivity index (χ4v) is 2.43. The van der Waals surface area contributed by atoms with Crippen LogP contribution < -0.4 is 0 Å². The molecule has 0 aliphatic carbocycles. The maximum Gasteiger partial charge on any atom is 0.305 e. The van der Waals surface area contributed by atoms with Gasteiger partial charge >= 0.3 is 5.97 Å². The minimum atomic E-state index is -0.723. The molecule has 0 radical (unpaired) electrons. The Hall–Kier alpha value is -0.610. The molecule has 4 heteroatoms. The van der Waals surface area contributed by atoms with Gasteiger partial charge in [0.1, 0.15) is 0 Å². The third kappa shape index (κ3) is 12.8. The van der Waals surface area contributed by atoms with E-state index in [4.69, 9.17) is 0 Å². The molecule has 0 fully saturated rings. The lowest BCUT2D eigenvalue weighted by molar-refractivity contribution is -0.140. The highest BCUT2D eigenvalue weighted by Gasteiger charge is 2.16. The van der Waals surface area contributed by atoms with E-state index in [9.17, 15) is 15.0 Å². The lowest BCUT2D eigenvalue weighted by Crippen LogP contribution is -2.25. The first-order valence-electron chi connectivity index (χ1n) is 8.54. The normalized spacial score (nSPS) is 13.9. The zero-order valence-corrected chi connectivity index (χ0v) is 13.9. The van der Waals surface area contributed by atoms with Crippen molar-refractivity contribution in [2.24, 2.45) is 0 Å². The van der Waals surface area contributed by atoms with E-state index >= 15 is 0 Å². The van der Waals surface area contributed by atoms with Gasteiger partial charge in [0.2, 0.25) is 0 Å². The van der Waals surface area contributed by atoms with Crippen LogP contribution in [0, 0.1) is 0 Å². The van der Waals surface area contributed by atoms with E-state index in [1.807, 2.05) is 0 Å². The zero-order valence-electron chi connectivity index (χ0n) is 13.9. The predicted octanol–water partition coefficient (Wildman–Crippen LogP) is 3.58. The van der Waals surface area contributed by atoms with Crippen molar-refractivity contribution in [3.63, 3.8) is 0 Å². The molecule has 126 valence electrons. The van der Waals surface area contributed by atoms with E-state index in [-0.39, 0.29) is 5.97 Å². The molecule has 0 aromatic rings. The molecular weight excluding hydrogens is 268 g/mol. The van der Waals surface area contributed by atoms with Crippen molar-refractivity contribution in [3.8, 4) is 0 Å². The molecule has 2 N–H and O–H groups in total. The minimum absolute atomic E-state index is 0.264. The van der Waals surface area contributed by atoms with Gasteiger partial charge in [-0.3, -0.25) is 4.79 Å². The molecular formula is C17H34O4. The summed E-state index contributed by atoms with van der Waals surface area (Å²) in [4.78, 5) is 10.9. The van der Waals surface area contributed by atoms with Crippen LogP contribution in [0.5, 0.6) is 0 Å². The van der Waals surface area contributed by atoms with Crippen molar-refractivity contribution in [3.05, 3.63) is 0 Å². The number of esters is 1. The van der Waals surface area contributed by atoms with Gasteiger partial charge in [-0.2, -0.15) is 0 Å². The van der Waals surface area contributed by atoms with E-state index in [1.54, 1.807) is 0 Å². The molecule has 0 rings (SSSR count). The first kappa shape index (κ1) is 20.4. The summed E-state index contributed by atoms with van der Waals surface area (Å²) >= 11 is 0. The van der Waals surface area contributed by atoms with E-state index in [0.717, 1.165) is 12.8 Å². The molecule has 0 aliphatic rings. The van der Waals surface area contributed by atoms with Gasteiger partial charge < -0.3 is 14.9 Å². The Kier molecular flexibility index (Phi) is 13.9. The Morgan fingerprint density at radius 2 is 1.33 bits per heavy atom. The second kappa shape index (κ2) is 14.3. The molecule has 4 nitrogen and oxygen atoms in total. The predicted molar refractivity (Wildman–Crippen MR) is 85.1 cm³/mol. The maximum absolute atomic E-state index is 10.9. The third-order valence-electron chi connectivity index (χ3n) is 3.91. The van der Waals surface area contributed by atoms with Crippen LogP contribution in [0.3, 0.4) is 0 Å². The molecule has 0 unspecified atom stereocenters. The number of hydrogen-bond donors (Lipinski definition) is 2. The second-order valence-electron chi connectivity index (χ2n) is 5.87. The summed E-state index contributed by atoms with van der Waals surface area (Å²) < 4.78 is 4.54. The summed E-state index contributed by atoms with van der Waals surface area (Å²) in [5.41, 5.74) is 0. The van der Waals surface area contributed by atoms with Gasteiger partial charge in [-0.1, -0.05) is 58.3 Å². The first-order valence-corrected chi connectivity index (χ1v) is 8.54. The van der Waals surface area contributed by atoms with Crippen LogP contribution in [0.4, 0.5) is 0 Å². The van der Waals surface area contributed by atoms with Gasteiger partial charge in [0, 0.05) is 6.42 Å². The zero-order chi connectivity index (χ0) is 15.9. The molecule has 0 heterocycles. The molecule has 0 saturated heterocycles. The summed E-state index contributed by atoms with van der Waals surface area (Å²) in [5.74, 6) is -0.264. The van der Waals surface area contributed by atoms with Gasteiger partial charge in [0.25, 0.3) is 0 Å². The number of aliphatic hydroxyl groups is 2. The molecule has 0 saturated carbocycles. The number of ether oxygens (including phenoxy) is 1. The summed E-state index contributed by atoms with van der Waals surface area (Å²) in [7, 11) is 1.36. The SMILES string of the molecule is CCCCCCCCCC[C@H](O)[C@H](O)CCCC(=O)OC. The number of unbranched alkanes of at least 4 members (excludes halogenated alkanes) is 7. The van der Waals surface area contributed by atoms with E-state index in [2.05, 4.69) is 11.7 Å². The smallest absolute Gasteiger partial charge is 0.305 e. The van der Waals surface area contributed by atoms with Gasteiger partial charge in [0.15, 0.2) is 0 Å². The van der Waals surface area contributed by atoms with Crippen molar-refractivity contribution in [2.45, 2.75) is 96.2 Å². The topological polar surface area (TPSA) is 66.8 Å². The summed E-state index contributed by atoms with van der Waals surface area (Å²) in [6, 6.07) is 0. The van der Waals surface area contributed by atoms with Gasteiger partial charge in [-0.15, -0.1) is 0 Å². The van der Waals surface area contributed by atoms with Gasteiger partial charge in [-0.05, 0) is 19.3 Å². The minimum Gasteiger partial charge on any atom is -0.469 e. The molecule has 0 amide bonds. The number of hydrogen-bond acceptors (Lipinski definition) is 4. The third-order valence-corrected chi connectivity index (χ3v) is 3.91. The van der Waals surface area contributed by atoms with Crippen LogP contribution in [0.15, 0.2) is 0 Å². The quantitative estimate of drug-likeness (QED) is 0.380. The summed E-state index contributed by atoms with van der Waals surface area (Å²) in [5, 5.41) is 19.6. The highest BCUT2D eigenvalue weighted by molar-refractivity contribution is 5.68. The average molecular weight is 302 g/mol. The van der Waals surface area contributed by atoms with E-state index in [1.165, 1.54) is 45.6 Å². The van der Waals surface area contributed by atoms with Gasteiger partial charge in [0.05, 0.1) is 19.3 Å². The van der Waals surface area contributed by atoms with Crippen LogP contribution in [-0.2, 0) is 9.53 Å². The molecule has 0 aliphatic heterocycles. The molecule has 21 heavy (non-hydrogen) atoms. The van der Waals surface area contributed by atoms with Crippen LogP contribution >= 0.6 is 0 Å². The largest absolute Gasteiger partial charge is 0.469 e. The molecule has 0 bridgehead atoms. The number of aliphatic hydroxyl groups excluding tert-OH is 2. The van der Waals surface area contributed by atoms with Crippen molar-refractivity contribution in [2.75, 3.05) is 7.11 Å². The fraction of sp³-hybridized carbons (Fsp3) is 0.941. The number of carbonyl (C=O) groups is 1. The molecule has 0 aromatic carbocycles. The van der Waals surface area contributed by atoms with Crippen molar-refractivity contribution in [1.82, 2.24) is 0 Å². The number of methoxy groups -OCH3 is 1. The standard InChI is InChI=1S/C17H34O4/c1-3-4-5-6-7-8-9-10-12-15(18)16(19)13-11-14-17(20)21-2/h15-16,18-19H,3-14H2,1-2H3/t15-,16+/m0/s1. The summed E-state index contributed by atoms with van der Waals surface area (Å²) in [6.45, 7) is 2.22. The number of rotatable bonds is 14. The molecule has 0 spiro atoms. The molecule has 0 aromatic heterocycles. The number of carbonyl (C=O) groups excluding carboxylic acids is 1. The van der Waals surface area contributed by atoms with Crippen molar-refractivity contribution in [1.29, 1.82) is 0 Å². The highest BCUT2D eigenvalue weighted by Crippen LogP contribution is 2.14. The molecule has 2 atom stereocenters. The Bertz CT molecular complexity index is 243. The Labute approximate surface area is 129 Å². The van der Waals surface area contributed by atoms with Crippen LogP contribution in [0.25, 0.3) is 0 Å². The highest BCUT2D eigenvalue weighted by atomic mass is 16.5. The average Bonchev–Trinajstić information content (AvgIpc) is 2.49. The first-order chi connectivity index (χ1) is 10.1. The lowest BCUT2D eigenvalue weighted by atomic mass is 10.0. The van der Waals surface area contributed by atoms with E-state index < -0.39 is 12.2 Å². The lowest BCUT2D eigenvalue weighted by Gasteiger charge is -2.17. The monoisotopic (exact) mass is 302 g/mol. The van der Waals surface area contributed by atoms with Crippen molar-refractivity contribution < 1.29 is 19.7 Å². The van der Waals surface area contributed by atoms with E-state index in [0.29, 0.717) is 25.7 Å².